The van der Waals surface area contributed by atoms with Gasteiger partial charge >= 0.3 is 0 Å². The minimum Gasteiger partial charge on any atom is -0.393 e. The van der Waals surface area contributed by atoms with Crippen molar-refractivity contribution < 1.29 is 20.4 Å². The van der Waals surface area contributed by atoms with Crippen LogP contribution in [0.3, 0.4) is 0 Å². The smallest absolute Gasteiger partial charge is 0.110 e. The number of allylic oxidation sites excluding steroid dienone is 3. The molecular formula is C28H46O4. The zero-order valence-corrected chi connectivity index (χ0v) is 21.0. The average molecular weight is 447 g/mol. The van der Waals surface area contributed by atoms with Crippen LogP contribution in [0.25, 0.3) is 0 Å². The fourth-order valence-corrected chi connectivity index (χ4v) is 8.12. The first-order valence-electron chi connectivity index (χ1n) is 13.0. The second kappa shape index (κ2) is 8.22. The summed E-state index contributed by atoms with van der Waals surface area (Å²) in [5.74, 6) is 2.16. The number of rotatable bonds is 4. The minimum absolute atomic E-state index is 0.0205. The highest BCUT2D eigenvalue weighted by Crippen LogP contribution is 2.67. The maximum atomic E-state index is 11.6. The molecule has 0 unspecified atom stereocenters. The fraction of sp³-hybridized carbons (Fsp3) is 0.857. The van der Waals surface area contributed by atoms with Crippen molar-refractivity contribution in [2.75, 3.05) is 0 Å². The van der Waals surface area contributed by atoms with Crippen molar-refractivity contribution >= 4 is 0 Å². The van der Waals surface area contributed by atoms with Gasteiger partial charge in [0, 0.05) is 17.8 Å². The molecule has 0 bridgehead atoms. The first kappa shape index (κ1) is 24.4. The number of aliphatic hydroxyl groups excluding tert-OH is 3. The predicted octanol–water partition coefficient (Wildman–Crippen LogP) is 4.47. The Bertz CT molecular complexity index is 773. The van der Waals surface area contributed by atoms with Crippen LogP contribution in [0.1, 0.15) is 80.1 Å². The lowest BCUT2D eigenvalue weighted by molar-refractivity contribution is -0.281. The van der Waals surface area contributed by atoms with Crippen LogP contribution in [-0.2, 0) is 0 Å². The van der Waals surface area contributed by atoms with Gasteiger partial charge < -0.3 is 20.4 Å². The van der Waals surface area contributed by atoms with Crippen LogP contribution in [0.4, 0.5) is 0 Å². The van der Waals surface area contributed by atoms with Crippen molar-refractivity contribution in [1.82, 2.24) is 0 Å². The van der Waals surface area contributed by atoms with Crippen LogP contribution >= 0.6 is 0 Å². The molecule has 4 N–H and O–H groups in total. The Balaban J connectivity index is 1.62. The molecule has 4 rings (SSSR count). The van der Waals surface area contributed by atoms with Gasteiger partial charge in [0.1, 0.15) is 11.7 Å². The van der Waals surface area contributed by atoms with Crippen LogP contribution in [0.5, 0.6) is 0 Å². The van der Waals surface area contributed by atoms with E-state index in [4.69, 9.17) is 0 Å². The van der Waals surface area contributed by atoms with Crippen molar-refractivity contribution in [3.05, 3.63) is 23.8 Å². The Kier molecular flexibility index (Phi) is 6.28. The molecular weight excluding hydrogens is 400 g/mol. The summed E-state index contributed by atoms with van der Waals surface area (Å²) in [6.45, 7) is 13.6. The molecule has 0 spiro atoms. The van der Waals surface area contributed by atoms with Gasteiger partial charge in [-0.2, -0.15) is 0 Å². The van der Waals surface area contributed by atoms with Crippen molar-refractivity contribution in [3.8, 4) is 0 Å². The van der Waals surface area contributed by atoms with E-state index >= 15 is 0 Å². The molecule has 0 aromatic rings. The van der Waals surface area contributed by atoms with Gasteiger partial charge in [0.2, 0.25) is 0 Å². The number of hydrogen-bond acceptors (Lipinski definition) is 4. The third-order valence-electron chi connectivity index (χ3n) is 10.8. The molecule has 4 aliphatic rings. The van der Waals surface area contributed by atoms with E-state index in [0.717, 1.165) is 19.3 Å². The molecule has 11 atom stereocenters. The van der Waals surface area contributed by atoms with Crippen LogP contribution < -0.4 is 0 Å². The summed E-state index contributed by atoms with van der Waals surface area (Å²) in [5, 5.41) is 44.4. The van der Waals surface area contributed by atoms with Crippen molar-refractivity contribution in [3.63, 3.8) is 0 Å². The lowest BCUT2D eigenvalue weighted by Gasteiger charge is -2.65. The van der Waals surface area contributed by atoms with E-state index in [-0.39, 0.29) is 23.7 Å². The summed E-state index contributed by atoms with van der Waals surface area (Å²) < 4.78 is 0. The topological polar surface area (TPSA) is 80.9 Å². The van der Waals surface area contributed by atoms with Gasteiger partial charge in [-0.15, -0.1) is 0 Å². The van der Waals surface area contributed by atoms with Crippen LogP contribution in [0.2, 0.25) is 0 Å². The SMILES string of the molecule is CC(C)[C@@H](C)/C=C/[C@@H](C)[C@H]1CC=C2[C@H]3[C@H](O)[C@H](O)[C@]4(O)C[C@@H](O)CC[C@]4(C)[C@H]3CC[C@@]21C. The van der Waals surface area contributed by atoms with Gasteiger partial charge in [0.05, 0.1) is 12.2 Å². The summed E-state index contributed by atoms with van der Waals surface area (Å²) in [6, 6.07) is 0. The van der Waals surface area contributed by atoms with Crippen molar-refractivity contribution in [2.24, 2.45) is 46.3 Å². The molecule has 0 aliphatic heterocycles. The second-order valence-corrected chi connectivity index (χ2v) is 12.6. The van der Waals surface area contributed by atoms with Gasteiger partial charge in [-0.1, -0.05) is 65.3 Å². The lowest BCUT2D eigenvalue weighted by Crippen LogP contribution is -2.72. The summed E-state index contributed by atoms with van der Waals surface area (Å²) in [5.41, 5.74) is -0.585. The van der Waals surface area contributed by atoms with Gasteiger partial charge in [0.15, 0.2) is 0 Å². The molecule has 3 fully saturated rings. The summed E-state index contributed by atoms with van der Waals surface area (Å²) in [7, 11) is 0. The Morgan fingerprint density at radius 2 is 1.69 bits per heavy atom. The highest BCUT2D eigenvalue weighted by molar-refractivity contribution is 5.34. The molecule has 3 saturated carbocycles. The lowest BCUT2D eigenvalue weighted by atomic mass is 9.42. The third-order valence-corrected chi connectivity index (χ3v) is 10.8. The van der Waals surface area contributed by atoms with Crippen LogP contribution in [-0.4, -0.2) is 44.3 Å². The highest BCUT2D eigenvalue weighted by Gasteiger charge is 2.69. The molecule has 0 aromatic carbocycles. The molecule has 32 heavy (non-hydrogen) atoms. The number of hydrogen-bond donors (Lipinski definition) is 4. The summed E-state index contributed by atoms with van der Waals surface area (Å²) >= 11 is 0. The Morgan fingerprint density at radius 3 is 2.34 bits per heavy atom. The van der Waals surface area contributed by atoms with Gasteiger partial charge in [-0.25, -0.2) is 0 Å². The molecule has 0 amide bonds. The van der Waals surface area contributed by atoms with E-state index < -0.39 is 29.3 Å². The zero-order chi connectivity index (χ0) is 23.6. The fourth-order valence-electron chi connectivity index (χ4n) is 8.12. The molecule has 0 heterocycles. The quantitative estimate of drug-likeness (QED) is 0.481. The van der Waals surface area contributed by atoms with E-state index in [1.165, 1.54) is 5.57 Å². The maximum Gasteiger partial charge on any atom is 0.110 e. The molecule has 0 radical (unpaired) electrons. The van der Waals surface area contributed by atoms with Gasteiger partial charge in [-0.3, -0.25) is 0 Å². The van der Waals surface area contributed by atoms with Crippen LogP contribution in [0, 0.1) is 46.3 Å². The number of fused-ring (bicyclic) bond motifs is 5. The summed E-state index contributed by atoms with van der Waals surface area (Å²) in [6.07, 6.45) is 8.82. The second-order valence-electron chi connectivity index (χ2n) is 12.6. The van der Waals surface area contributed by atoms with E-state index in [2.05, 4.69) is 59.8 Å². The van der Waals surface area contributed by atoms with E-state index in [9.17, 15) is 20.4 Å². The van der Waals surface area contributed by atoms with E-state index in [1.807, 2.05) is 0 Å². The Hall–Kier alpha value is -0.680. The Morgan fingerprint density at radius 1 is 1.00 bits per heavy atom. The minimum atomic E-state index is -1.43. The molecule has 4 heteroatoms. The van der Waals surface area contributed by atoms with E-state index in [1.54, 1.807) is 0 Å². The standard InChI is InChI=1S/C28H46O4/c1-16(2)17(3)7-8-18(4)20-9-10-21-23-22(12-13-26(20,21)5)27(6)14-11-19(29)15-28(27,32)25(31)24(23)30/h7-8,10,16-20,22-25,29-32H,9,11-15H2,1-6H3/b8-7+/t17-,18+,19-,20+,22-,23+,24-,25-,26+,27+,28+/m0/s1. The van der Waals surface area contributed by atoms with Crippen molar-refractivity contribution in [1.29, 1.82) is 0 Å². The molecule has 182 valence electrons. The monoisotopic (exact) mass is 446 g/mol. The first-order chi connectivity index (χ1) is 14.9. The zero-order valence-electron chi connectivity index (χ0n) is 21.0. The Labute approximate surface area is 194 Å². The molecule has 4 nitrogen and oxygen atoms in total. The average Bonchev–Trinajstić information content (AvgIpc) is 3.09. The van der Waals surface area contributed by atoms with Crippen molar-refractivity contribution in [2.45, 2.75) is 104 Å². The molecule has 0 saturated heterocycles. The maximum absolute atomic E-state index is 11.6. The summed E-state index contributed by atoms with van der Waals surface area (Å²) in [4.78, 5) is 0. The van der Waals surface area contributed by atoms with Gasteiger partial charge in [0.25, 0.3) is 0 Å². The van der Waals surface area contributed by atoms with Gasteiger partial charge in [-0.05, 0) is 67.1 Å². The highest BCUT2D eigenvalue weighted by atomic mass is 16.4. The van der Waals surface area contributed by atoms with E-state index in [0.29, 0.717) is 36.5 Å². The largest absolute Gasteiger partial charge is 0.393 e. The van der Waals surface area contributed by atoms with Crippen LogP contribution in [0.15, 0.2) is 23.8 Å². The third kappa shape index (κ3) is 3.39. The molecule has 0 aromatic heterocycles. The molecule has 4 aliphatic carbocycles. The number of aliphatic hydroxyl groups is 4. The first-order valence-corrected chi connectivity index (χ1v) is 13.0. The normalized spacial score (nSPS) is 50.5. The predicted molar refractivity (Wildman–Crippen MR) is 128 cm³/mol.